The normalized spacial score (nSPS) is 11.4. The van der Waals surface area contributed by atoms with E-state index in [1.807, 2.05) is 0 Å². The number of hydrogen-bond donors (Lipinski definition) is 2. The van der Waals surface area contributed by atoms with Crippen molar-refractivity contribution in [1.82, 2.24) is 4.98 Å². The number of esters is 1. The van der Waals surface area contributed by atoms with Crippen molar-refractivity contribution in [2.45, 2.75) is 19.8 Å². The topological polar surface area (TPSA) is 123 Å². The molecule has 2 N–H and O–H groups in total. The van der Waals surface area contributed by atoms with E-state index in [9.17, 15) is 27.5 Å². The van der Waals surface area contributed by atoms with Gasteiger partial charge in [-0.2, -0.15) is 0 Å². The lowest BCUT2D eigenvalue weighted by molar-refractivity contribution is 0.0599. The fourth-order valence-corrected chi connectivity index (χ4v) is 3.19. The molecular weight excluding hydrogens is 391 g/mol. The molecule has 2 rings (SSSR count). The molecule has 0 amide bonds. The van der Waals surface area contributed by atoms with E-state index in [0.29, 0.717) is 0 Å². The van der Waals surface area contributed by atoms with Crippen LogP contribution in [0.3, 0.4) is 0 Å². The number of anilines is 1. The molecule has 0 bridgehead atoms. The van der Waals surface area contributed by atoms with Crippen molar-refractivity contribution in [3.63, 3.8) is 0 Å². The number of hydrogen-bond acceptors (Lipinski definition) is 6. The molecule has 0 saturated carbocycles. The van der Waals surface area contributed by atoms with E-state index in [1.54, 1.807) is 13.8 Å². The zero-order chi connectivity index (χ0) is 21.2. The number of halogens is 1. The molecule has 10 heteroatoms. The number of methoxy groups -OCH3 is 1. The first-order chi connectivity index (χ1) is 13.0. The molecule has 8 nitrogen and oxygen atoms in total. The molecule has 0 unspecified atom stereocenters. The van der Waals surface area contributed by atoms with E-state index >= 15 is 0 Å². The van der Waals surface area contributed by atoms with Crippen LogP contribution < -0.4 is 4.72 Å². The van der Waals surface area contributed by atoms with E-state index in [4.69, 9.17) is 4.74 Å². The molecule has 0 aliphatic carbocycles. The van der Waals surface area contributed by atoms with Gasteiger partial charge in [0.25, 0.3) is 0 Å². The summed E-state index contributed by atoms with van der Waals surface area (Å²) < 4.78 is 43.8. The SMILES string of the molecule is COC(=O)c1c(C(C)C)nc(NS(C)(=O)=O)c(C(=O)O)c1-c1ccc(F)cc1. The summed E-state index contributed by atoms with van der Waals surface area (Å²) in [5.74, 6) is -3.74. The number of carboxylic acids is 1. The number of rotatable bonds is 6. The van der Waals surface area contributed by atoms with Gasteiger partial charge in [0.15, 0.2) is 5.82 Å². The Bertz CT molecular complexity index is 1030. The average molecular weight is 410 g/mol. The van der Waals surface area contributed by atoms with E-state index in [1.165, 1.54) is 12.1 Å². The lowest BCUT2D eigenvalue weighted by Crippen LogP contribution is -2.21. The monoisotopic (exact) mass is 410 g/mol. The standard InChI is InChI=1S/C18H19FN2O6S/c1-9(2)15-13(18(24)27-3)12(10-5-7-11(19)8-6-10)14(17(22)23)16(20-15)21-28(4,25)26/h5-9H,1-4H3,(H,20,21)(H,22,23). The fraction of sp³-hybridized carbons (Fsp3) is 0.278. The maximum atomic E-state index is 13.4. The summed E-state index contributed by atoms with van der Waals surface area (Å²) in [5.41, 5.74) is -0.436. The molecule has 1 heterocycles. The van der Waals surface area contributed by atoms with Crippen molar-refractivity contribution in [2.75, 3.05) is 18.1 Å². The Balaban J connectivity index is 3.06. The fourth-order valence-electron chi connectivity index (χ4n) is 2.69. The third kappa shape index (κ3) is 4.45. The summed E-state index contributed by atoms with van der Waals surface area (Å²) in [6.45, 7) is 3.40. The van der Waals surface area contributed by atoms with Crippen LogP contribution in [0.1, 0.15) is 46.2 Å². The van der Waals surface area contributed by atoms with Gasteiger partial charge in [-0.3, -0.25) is 4.72 Å². The van der Waals surface area contributed by atoms with Crippen molar-refractivity contribution in [1.29, 1.82) is 0 Å². The number of ether oxygens (including phenoxy) is 1. The highest BCUT2D eigenvalue weighted by Gasteiger charge is 2.31. The summed E-state index contributed by atoms with van der Waals surface area (Å²) in [4.78, 5) is 28.6. The van der Waals surface area contributed by atoms with Gasteiger partial charge in [-0.15, -0.1) is 0 Å². The number of nitrogens with zero attached hydrogens (tertiary/aromatic N) is 1. The van der Waals surface area contributed by atoms with E-state index in [2.05, 4.69) is 9.71 Å². The number of carboxylic acid groups (broad SMARTS) is 1. The molecule has 0 aliphatic rings. The largest absolute Gasteiger partial charge is 0.478 e. The molecule has 2 aromatic rings. The van der Waals surface area contributed by atoms with Gasteiger partial charge in [0, 0.05) is 5.56 Å². The van der Waals surface area contributed by atoms with Gasteiger partial charge in [-0.1, -0.05) is 26.0 Å². The molecule has 28 heavy (non-hydrogen) atoms. The van der Waals surface area contributed by atoms with Crippen molar-refractivity contribution < 1.29 is 32.2 Å². The van der Waals surface area contributed by atoms with E-state index in [-0.39, 0.29) is 28.3 Å². The zero-order valence-corrected chi connectivity index (χ0v) is 16.4. The number of nitrogens with one attached hydrogen (secondary N) is 1. The van der Waals surface area contributed by atoms with Crippen LogP contribution >= 0.6 is 0 Å². The smallest absolute Gasteiger partial charge is 0.340 e. The van der Waals surface area contributed by atoms with Crippen molar-refractivity contribution in [3.05, 3.63) is 46.9 Å². The highest BCUT2D eigenvalue weighted by atomic mass is 32.2. The molecule has 0 atom stereocenters. The molecule has 1 aromatic carbocycles. The number of carbonyl (C=O) groups is 2. The number of aromatic nitrogens is 1. The first-order valence-electron chi connectivity index (χ1n) is 8.09. The van der Waals surface area contributed by atoms with E-state index in [0.717, 1.165) is 25.5 Å². The second-order valence-electron chi connectivity index (χ2n) is 6.30. The maximum absolute atomic E-state index is 13.4. The van der Waals surface area contributed by atoms with Crippen molar-refractivity contribution in [3.8, 4) is 11.1 Å². The third-order valence-electron chi connectivity index (χ3n) is 3.79. The molecule has 0 fully saturated rings. The van der Waals surface area contributed by atoms with Crippen LogP contribution in [0.5, 0.6) is 0 Å². The number of pyridine rings is 1. The first kappa shape index (κ1) is 21.3. The Kier molecular flexibility index (Phi) is 6.03. The summed E-state index contributed by atoms with van der Waals surface area (Å²) in [7, 11) is -2.74. The van der Waals surface area contributed by atoms with Crippen molar-refractivity contribution in [2.24, 2.45) is 0 Å². The first-order valence-corrected chi connectivity index (χ1v) is 9.98. The third-order valence-corrected chi connectivity index (χ3v) is 4.35. The van der Waals surface area contributed by atoms with Crippen LogP contribution in [0.2, 0.25) is 0 Å². The number of sulfonamides is 1. The van der Waals surface area contributed by atoms with Crippen LogP contribution in [-0.4, -0.2) is 43.8 Å². The van der Waals surface area contributed by atoms with Gasteiger partial charge in [-0.25, -0.2) is 27.4 Å². The zero-order valence-electron chi connectivity index (χ0n) is 15.6. The van der Waals surface area contributed by atoms with Crippen molar-refractivity contribution >= 4 is 27.8 Å². The van der Waals surface area contributed by atoms with Gasteiger partial charge in [-0.05, 0) is 23.6 Å². The average Bonchev–Trinajstić information content (AvgIpc) is 2.59. The highest BCUT2D eigenvalue weighted by molar-refractivity contribution is 7.92. The summed E-state index contributed by atoms with van der Waals surface area (Å²) in [6.07, 6.45) is 0.848. The predicted octanol–water partition coefficient (Wildman–Crippen LogP) is 2.87. The predicted molar refractivity (Wildman–Crippen MR) is 100 cm³/mol. The Morgan fingerprint density at radius 3 is 2.18 bits per heavy atom. The quantitative estimate of drug-likeness (QED) is 0.702. The molecule has 0 radical (unpaired) electrons. The Labute approximate surface area is 161 Å². The van der Waals surface area contributed by atoms with Crippen LogP contribution in [0, 0.1) is 5.82 Å². The summed E-state index contributed by atoms with van der Waals surface area (Å²) in [6, 6.07) is 4.78. The highest BCUT2D eigenvalue weighted by Crippen LogP contribution is 2.37. The lowest BCUT2D eigenvalue weighted by Gasteiger charge is -2.20. The number of carbonyl (C=O) groups excluding carboxylic acids is 1. The Morgan fingerprint density at radius 2 is 1.75 bits per heavy atom. The number of aromatic carboxylic acids is 1. The van der Waals surface area contributed by atoms with Crippen LogP contribution in [0.15, 0.2) is 24.3 Å². The molecular formula is C18H19FN2O6S. The Hall–Kier alpha value is -3.01. The van der Waals surface area contributed by atoms with Crippen LogP contribution in [0.25, 0.3) is 11.1 Å². The van der Waals surface area contributed by atoms with Gasteiger partial charge >= 0.3 is 11.9 Å². The minimum atomic E-state index is -3.87. The second-order valence-corrected chi connectivity index (χ2v) is 8.05. The Morgan fingerprint density at radius 1 is 1.18 bits per heavy atom. The molecule has 1 aromatic heterocycles. The summed E-state index contributed by atoms with van der Waals surface area (Å²) in [5, 5.41) is 9.77. The van der Waals surface area contributed by atoms with Gasteiger partial charge in [0.2, 0.25) is 10.0 Å². The summed E-state index contributed by atoms with van der Waals surface area (Å²) >= 11 is 0. The lowest BCUT2D eigenvalue weighted by atomic mass is 9.90. The van der Waals surface area contributed by atoms with Gasteiger partial charge < -0.3 is 9.84 Å². The molecule has 0 saturated heterocycles. The molecule has 0 spiro atoms. The number of benzene rings is 1. The maximum Gasteiger partial charge on any atom is 0.340 e. The van der Waals surface area contributed by atoms with E-state index < -0.39 is 39.2 Å². The molecule has 150 valence electrons. The van der Waals surface area contributed by atoms with Crippen LogP contribution in [-0.2, 0) is 14.8 Å². The van der Waals surface area contributed by atoms with Gasteiger partial charge in [0.1, 0.15) is 11.4 Å². The minimum Gasteiger partial charge on any atom is -0.478 e. The minimum absolute atomic E-state index is 0.107. The molecule has 0 aliphatic heterocycles. The van der Waals surface area contributed by atoms with Gasteiger partial charge in [0.05, 0.1) is 24.6 Å². The second kappa shape index (κ2) is 7.93. The van der Waals surface area contributed by atoms with Crippen LogP contribution in [0.4, 0.5) is 10.2 Å².